The molecule has 0 saturated heterocycles. The van der Waals surface area contributed by atoms with Crippen LogP contribution in [0.3, 0.4) is 0 Å². The summed E-state index contributed by atoms with van der Waals surface area (Å²) < 4.78 is 43.1. The number of alkyl halides is 3. The third-order valence-electron chi connectivity index (χ3n) is 3.75. The predicted octanol–water partition coefficient (Wildman–Crippen LogP) is 5.18. The number of thioether (sulfide) groups is 1. The van der Waals surface area contributed by atoms with Crippen LogP contribution in [-0.2, 0) is 11.0 Å². The molecule has 1 heterocycles. The summed E-state index contributed by atoms with van der Waals surface area (Å²) in [4.78, 5) is 13.1. The average molecular weight is 407 g/mol. The number of aromatic nitrogens is 2. The molecule has 0 atom stereocenters. The van der Waals surface area contributed by atoms with Crippen molar-refractivity contribution in [1.82, 2.24) is 10.2 Å². The van der Waals surface area contributed by atoms with Crippen molar-refractivity contribution in [2.24, 2.45) is 0 Å². The SMILES string of the molecule is Cc1ccc(SCCC(=O)Nc2nnc(-c3ccc(C(F)(F)F)cc3)o2)cc1. The fourth-order valence-corrected chi connectivity index (χ4v) is 3.12. The number of anilines is 1. The van der Waals surface area contributed by atoms with E-state index in [0.29, 0.717) is 11.3 Å². The Morgan fingerprint density at radius 1 is 1.07 bits per heavy atom. The highest BCUT2D eigenvalue weighted by Gasteiger charge is 2.30. The van der Waals surface area contributed by atoms with Gasteiger partial charge in [-0.2, -0.15) is 13.2 Å². The normalized spacial score (nSPS) is 11.4. The first kappa shape index (κ1) is 19.9. The summed E-state index contributed by atoms with van der Waals surface area (Å²) in [6.07, 6.45) is -4.17. The van der Waals surface area contributed by atoms with Gasteiger partial charge in [-0.15, -0.1) is 16.9 Å². The van der Waals surface area contributed by atoms with Crippen molar-refractivity contribution in [2.75, 3.05) is 11.1 Å². The zero-order chi connectivity index (χ0) is 20.1. The minimum absolute atomic E-state index is 0.0260. The van der Waals surface area contributed by atoms with E-state index in [-0.39, 0.29) is 24.2 Å². The van der Waals surface area contributed by atoms with E-state index in [4.69, 9.17) is 4.42 Å². The van der Waals surface area contributed by atoms with Crippen LogP contribution in [0, 0.1) is 6.92 Å². The minimum atomic E-state index is -4.41. The molecule has 0 bridgehead atoms. The van der Waals surface area contributed by atoms with Crippen molar-refractivity contribution in [3.8, 4) is 11.5 Å². The molecule has 2 aromatic carbocycles. The average Bonchev–Trinajstić information content (AvgIpc) is 3.11. The fourth-order valence-electron chi connectivity index (χ4n) is 2.27. The number of amides is 1. The maximum Gasteiger partial charge on any atom is 0.416 e. The highest BCUT2D eigenvalue weighted by molar-refractivity contribution is 7.99. The number of carbonyl (C=O) groups excluding carboxylic acids is 1. The molecule has 0 aliphatic carbocycles. The van der Waals surface area contributed by atoms with Gasteiger partial charge in [0.15, 0.2) is 0 Å². The first-order chi connectivity index (χ1) is 13.3. The molecule has 9 heteroatoms. The lowest BCUT2D eigenvalue weighted by molar-refractivity contribution is -0.137. The Morgan fingerprint density at radius 2 is 1.75 bits per heavy atom. The number of hydrogen-bond acceptors (Lipinski definition) is 5. The molecule has 1 amide bonds. The van der Waals surface area contributed by atoms with Gasteiger partial charge in [0.2, 0.25) is 11.8 Å². The summed E-state index contributed by atoms with van der Waals surface area (Å²) in [5.74, 6) is 0.315. The topological polar surface area (TPSA) is 68.0 Å². The highest BCUT2D eigenvalue weighted by Crippen LogP contribution is 2.31. The van der Waals surface area contributed by atoms with Crippen LogP contribution in [0.4, 0.5) is 19.2 Å². The van der Waals surface area contributed by atoms with E-state index in [1.807, 2.05) is 31.2 Å². The van der Waals surface area contributed by atoms with Crippen LogP contribution < -0.4 is 5.32 Å². The molecule has 0 fully saturated rings. The number of carbonyl (C=O) groups is 1. The van der Waals surface area contributed by atoms with Crippen molar-refractivity contribution >= 4 is 23.7 Å². The number of nitrogens with zero attached hydrogens (tertiary/aromatic N) is 2. The van der Waals surface area contributed by atoms with Gasteiger partial charge < -0.3 is 4.42 Å². The van der Waals surface area contributed by atoms with E-state index < -0.39 is 11.7 Å². The summed E-state index contributed by atoms with van der Waals surface area (Å²) in [5.41, 5.74) is 0.730. The molecule has 3 rings (SSSR count). The third kappa shape index (κ3) is 5.35. The Balaban J connectivity index is 1.52. The number of benzene rings is 2. The second-order valence-corrected chi connectivity index (χ2v) is 7.12. The quantitative estimate of drug-likeness (QED) is 0.570. The van der Waals surface area contributed by atoms with E-state index in [9.17, 15) is 18.0 Å². The Kier molecular flexibility index (Phi) is 6.03. The number of nitrogens with one attached hydrogen (secondary N) is 1. The predicted molar refractivity (Wildman–Crippen MR) is 99.9 cm³/mol. The van der Waals surface area contributed by atoms with Crippen LogP contribution in [0.1, 0.15) is 17.5 Å². The van der Waals surface area contributed by atoms with Gasteiger partial charge in [0.1, 0.15) is 0 Å². The second-order valence-electron chi connectivity index (χ2n) is 5.95. The number of rotatable bonds is 6. The molecule has 0 saturated carbocycles. The molecule has 146 valence electrons. The summed E-state index contributed by atoms with van der Waals surface area (Å²) >= 11 is 1.55. The molecule has 1 aromatic heterocycles. The molecule has 5 nitrogen and oxygen atoms in total. The molecule has 0 aliphatic heterocycles. The van der Waals surface area contributed by atoms with E-state index >= 15 is 0 Å². The molecule has 0 radical (unpaired) electrons. The fraction of sp³-hybridized carbons (Fsp3) is 0.211. The molecule has 0 aliphatic rings. The van der Waals surface area contributed by atoms with Crippen LogP contribution >= 0.6 is 11.8 Å². The monoisotopic (exact) mass is 407 g/mol. The lowest BCUT2D eigenvalue weighted by atomic mass is 10.1. The van der Waals surface area contributed by atoms with Crippen LogP contribution in [0.15, 0.2) is 57.8 Å². The Labute approximate surface area is 163 Å². The lowest BCUT2D eigenvalue weighted by Gasteiger charge is -2.05. The van der Waals surface area contributed by atoms with Crippen LogP contribution in [0.2, 0.25) is 0 Å². The summed E-state index contributed by atoms with van der Waals surface area (Å²) in [7, 11) is 0. The lowest BCUT2D eigenvalue weighted by Crippen LogP contribution is -2.12. The van der Waals surface area contributed by atoms with Gasteiger partial charge in [0, 0.05) is 22.6 Å². The minimum Gasteiger partial charge on any atom is -0.403 e. The zero-order valence-electron chi connectivity index (χ0n) is 14.8. The van der Waals surface area contributed by atoms with Crippen molar-refractivity contribution < 1.29 is 22.4 Å². The number of hydrogen-bond donors (Lipinski definition) is 1. The van der Waals surface area contributed by atoms with E-state index in [0.717, 1.165) is 17.0 Å². The van der Waals surface area contributed by atoms with Gasteiger partial charge in [0.05, 0.1) is 5.56 Å². The molecular formula is C19H16F3N3O2S. The van der Waals surface area contributed by atoms with Crippen molar-refractivity contribution in [3.63, 3.8) is 0 Å². The summed E-state index contributed by atoms with van der Waals surface area (Å²) in [6, 6.07) is 12.2. The van der Waals surface area contributed by atoms with Gasteiger partial charge in [-0.05, 0) is 43.3 Å². The van der Waals surface area contributed by atoms with Crippen LogP contribution in [0.5, 0.6) is 0 Å². The van der Waals surface area contributed by atoms with Gasteiger partial charge >= 0.3 is 12.2 Å². The third-order valence-corrected chi connectivity index (χ3v) is 4.76. The maximum atomic E-state index is 12.6. The largest absolute Gasteiger partial charge is 0.416 e. The number of halogens is 3. The Hall–Kier alpha value is -2.81. The molecule has 1 N–H and O–H groups in total. The van der Waals surface area contributed by atoms with E-state index in [1.54, 1.807) is 11.8 Å². The zero-order valence-corrected chi connectivity index (χ0v) is 15.6. The van der Waals surface area contributed by atoms with Gasteiger partial charge in [-0.3, -0.25) is 10.1 Å². The van der Waals surface area contributed by atoms with Gasteiger partial charge in [-0.1, -0.05) is 22.8 Å². The van der Waals surface area contributed by atoms with E-state index in [2.05, 4.69) is 15.5 Å². The summed E-state index contributed by atoms with van der Waals surface area (Å²) in [5, 5.41) is 9.94. The summed E-state index contributed by atoms with van der Waals surface area (Å²) in [6.45, 7) is 2.01. The Morgan fingerprint density at radius 3 is 2.39 bits per heavy atom. The maximum absolute atomic E-state index is 12.6. The van der Waals surface area contributed by atoms with Crippen LogP contribution in [-0.4, -0.2) is 21.9 Å². The highest BCUT2D eigenvalue weighted by atomic mass is 32.2. The number of aryl methyl sites for hydroxylation is 1. The first-order valence-electron chi connectivity index (χ1n) is 8.32. The van der Waals surface area contributed by atoms with Crippen molar-refractivity contribution in [1.29, 1.82) is 0 Å². The molecular weight excluding hydrogens is 391 g/mol. The molecule has 0 spiro atoms. The smallest absolute Gasteiger partial charge is 0.403 e. The second kappa shape index (κ2) is 8.47. The Bertz CT molecular complexity index is 938. The van der Waals surface area contributed by atoms with Gasteiger partial charge in [0.25, 0.3) is 0 Å². The van der Waals surface area contributed by atoms with E-state index in [1.165, 1.54) is 17.7 Å². The van der Waals surface area contributed by atoms with Crippen molar-refractivity contribution in [3.05, 3.63) is 59.7 Å². The van der Waals surface area contributed by atoms with Crippen LogP contribution in [0.25, 0.3) is 11.5 Å². The van der Waals surface area contributed by atoms with Crippen molar-refractivity contribution in [2.45, 2.75) is 24.4 Å². The van der Waals surface area contributed by atoms with Gasteiger partial charge in [-0.25, -0.2) is 0 Å². The molecule has 3 aromatic rings. The molecule has 0 unspecified atom stereocenters. The first-order valence-corrected chi connectivity index (χ1v) is 9.30. The molecule has 28 heavy (non-hydrogen) atoms. The standard InChI is InChI=1S/C19H16F3N3O2S/c1-12-2-8-15(9-3-12)28-11-10-16(26)23-18-25-24-17(27-18)13-4-6-14(7-5-13)19(20,21)22/h2-9H,10-11H2,1H3,(H,23,25,26).